The number of aromatic nitrogens is 4. The van der Waals surface area contributed by atoms with Gasteiger partial charge in [-0.3, -0.25) is 4.90 Å². The van der Waals surface area contributed by atoms with Crippen LogP contribution in [0.2, 0.25) is 0 Å². The fourth-order valence-corrected chi connectivity index (χ4v) is 2.74. The van der Waals surface area contributed by atoms with E-state index >= 15 is 0 Å². The van der Waals surface area contributed by atoms with Gasteiger partial charge >= 0.3 is 0 Å². The first kappa shape index (κ1) is 16.4. The van der Waals surface area contributed by atoms with Crippen LogP contribution >= 0.6 is 0 Å². The normalized spacial score (nSPS) is 15.3. The minimum absolute atomic E-state index is 0.824. The smallest absolute Gasteiger partial charge is 0.225 e. The van der Waals surface area contributed by atoms with Crippen molar-refractivity contribution in [2.75, 3.05) is 68.5 Å². The maximum Gasteiger partial charge on any atom is 0.225 e. The van der Waals surface area contributed by atoms with E-state index in [-0.39, 0.29) is 0 Å². The first-order chi connectivity index (χ1) is 11.7. The second-order valence-corrected chi connectivity index (χ2v) is 5.93. The molecular formula is C16H24N8. The van der Waals surface area contributed by atoms with Crippen LogP contribution in [-0.2, 0) is 0 Å². The highest BCUT2D eigenvalue weighted by Gasteiger charge is 2.18. The molecule has 0 unspecified atom stereocenters. The summed E-state index contributed by atoms with van der Waals surface area (Å²) < 4.78 is 0. The fraction of sp³-hybridized carbons (Fsp3) is 0.500. The molecule has 8 heteroatoms. The number of hydrogen-bond acceptors (Lipinski definition) is 8. The lowest BCUT2D eigenvalue weighted by molar-refractivity contribution is 0.266. The highest BCUT2D eigenvalue weighted by molar-refractivity contribution is 5.59. The molecule has 128 valence electrons. The standard InChI is InChI=1S/C16H24N8/c1-22(2)15-14(17-6-7-19-15)18-8-9-23-10-12-24(13-11-23)16-20-4-3-5-21-16/h3-7H,8-13H2,1-2H3,(H,17,18). The zero-order valence-corrected chi connectivity index (χ0v) is 14.3. The van der Waals surface area contributed by atoms with Crippen molar-refractivity contribution in [3.8, 4) is 0 Å². The molecular weight excluding hydrogens is 304 g/mol. The van der Waals surface area contributed by atoms with Gasteiger partial charge in [0, 0.05) is 78.2 Å². The van der Waals surface area contributed by atoms with Gasteiger partial charge in [0.2, 0.25) is 5.95 Å². The molecule has 24 heavy (non-hydrogen) atoms. The predicted molar refractivity (Wildman–Crippen MR) is 95.5 cm³/mol. The summed E-state index contributed by atoms with van der Waals surface area (Å²) in [6, 6.07) is 1.85. The molecule has 1 aliphatic rings. The molecule has 0 atom stereocenters. The fourth-order valence-electron chi connectivity index (χ4n) is 2.74. The number of nitrogens with zero attached hydrogens (tertiary/aromatic N) is 7. The van der Waals surface area contributed by atoms with Gasteiger partial charge in [0.1, 0.15) is 0 Å². The van der Waals surface area contributed by atoms with E-state index in [0.717, 1.165) is 56.9 Å². The first-order valence-electron chi connectivity index (χ1n) is 8.20. The van der Waals surface area contributed by atoms with Gasteiger partial charge in [-0.05, 0) is 6.07 Å². The molecule has 1 fully saturated rings. The average molecular weight is 328 g/mol. The maximum atomic E-state index is 4.38. The summed E-state index contributed by atoms with van der Waals surface area (Å²) in [5, 5.41) is 3.39. The third-order valence-corrected chi connectivity index (χ3v) is 4.03. The molecule has 1 aliphatic heterocycles. The zero-order valence-electron chi connectivity index (χ0n) is 14.3. The minimum Gasteiger partial charge on any atom is -0.366 e. The van der Waals surface area contributed by atoms with E-state index in [1.54, 1.807) is 24.8 Å². The van der Waals surface area contributed by atoms with Crippen molar-refractivity contribution < 1.29 is 0 Å². The van der Waals surface area contributed by atoms with Crippen LogP contribution < -0.4 is 15.1 Å². The van der Waals surface area contributed by atoms with Crippen molar-refractivity contribution in [2.45, 2.75) is 0 Å². The molecule has 0 saturated carbocycles. The summed E-state index contributed by atoms with van der Waals surface area (Å²) in [6.45, 7) is 5.77. The number of nitrogens with one attached hydrogen (secondary N) is 1. The Kier molecular flexibility index (Phi) is 5.37. The van der Waals surface area contributed by atoms with Crippen molar-refractivity contribution in [1.82, 2.24) is 24.8 Å². The second kappa shape index (κ2) is 7.87. The molecule has 0 bridgehead atoms. The van der Waals surface area contributed by atoms with Crippen LogP contribution in [0, 0.1) is 0 Å². The van der Waals surface area contributed by atoms with Crippen LogP contribution in [-0.4, -0.2) is 78.2 Å². The van der Waals surface area contributed by atoms with Crippen molar-refractivity contribution in [3.05, 3.63) is 30.9 Å². The summed E-state index contributed by atoms with van der Waals surface area (Å²) in [7, 11) is 3.94. The zero-order chi connectivity index (χ0) is 16.8. The monoisotopic (exact) mass is 328 g/mol. The Morgan fingerprint density at radius 2 is 1.67 bits per heavy atom. The van der Waals surface area contributed by atoms with Crippen LogP contribution in [0.4, 0.5) is 17.6 Å². The van der Waals surface area contributed by atoms with Crippen LogP contribution in [0.1, 0.15) is 0 Å². The molecule has 3 heterocycles. The number of hydrogen-bond donors (Lipinski definition) is 1. The van der Waals surface area contributed by atoms with E-state index in [4.69, 9.17) is 0 Å². The molecule has 8 nitrogen and oxygen atoms in total. The van der Waals surface area contributed by atoms with Crippen LogP contribution in [0.3, 0.4) is 0 Å². The van der Waals surface area contributed by atoms with E-state index in [2.05, 4.69) is 35.1 Å². The van der Waals surface area contributed by atoms with Gasteiger partial charge in [0.15, 0.2) is 11.6 Å². The largest absolute Gasteiger partial charge is 0.366 e. The van der Waals surface area contributed by atoms with Crippen molar-refractivity contribution in [3.63, 3.8) is 0 Å². The molecule has 0 aromatic carbocycles. The Morgan fingerprint density at radius 3 is 2.38 bits per heavy atom. The summed E-state index contributed by atoms with van der Waals surface area (Å²) in [4.78, 5) is 24.0. The molecule has 2 aromatic heterocycles. The van der Waals surface area contributed by atoms with E-state index in [9.17, 15) is 0 Å². The molecule has 0 amide bonds. The summed E-state index contributed by atoms with van der Waals surface area (Å²) >= 11 is 0. The van der Waals surface area contributed by atoms with Crippen LogP contribution in [0.15, 0.2) is 30.9 Å². The Bertz CT molecular complexity index is 625. The molecule has 0 aliphatic carbocycles. The van der Waals surface area contributed by atoms with Gasteiger partial charge in [0.25, 0.3) is 0 Å². The van der Waals surface area contributed by atoms with E-state index in [0.29, 0.717) is 0 Å². The number of anilines is 3. The van der Waals surface area contributed by atoms with Crippen molar-refractivity contribution >= 4 is 17.6 Å². The summed E-state index contributed by atoms with van der Waals surface area (Å²) in [5.41, 5.74) is 0. The van der Waals surface area contributed by atoms with Gasteiger partial charge in [-0.1, -0.05) is 0 Å². The van der Waals surface area contributed by atoms with Gasteiger partial charge in [-0.25, -0.2) is 19.9 Å². The highest BCUT2D eigenvalue weighted by Crippen LogP contribution is 2.16. The Balaban J connectivity index is 1.44. The predicted octanol–water partition coefficient (Wildman–Crippen LogP) is 0.567. The summed E-state index contributed by atoms with van der Waals surface area (Å²) in [5.74, 6) is 2.52. The lowest BCUT2D eigenvalue weighted by Gasteiger charge is -2.34. The van der Waals surface area contributed by atoms with E-state index in [1.807, 2.05) is 25.1 Å². The molecule has 2 aromatic rings. The number of piperazine rings is 1. The van der Waals surface area contributed by atoms with Gasteiger partial charge in [-0.2, -0.15) is 0 Å². The van der Waals surface area contributed by atoms with Crippen molar-refractivity contribution in [1.29, 1.82) is 0 Å². The summed E-state index contributed by atoms with van der Waals surface area (Å²) in [6.07, 6.45) is 7.02. The SMILES string of the molecule is CN(C)c1nccnc1NCCN1CCN(c2ncccn2)CC1. The molecule has 1 N–H and O–H groups in total. The van der Waals surface area contributed by atoms with Crippen LogP contribution in [0.5, 0.6) is 0 Å². The van der Waals surface area contributed by atoms with E-state index in [1.165, 1.54) is 0 Å². The lowest BCUT2D eigenvalue weighted by Crippen LogP contribution is -2.48. The van der Waals surface area contributed by atoms with Gasteiger partial charge in [-0.15, -0.1) is 0 Å². The van der Waals surface area contributed by atoms with Crippen molar-refractivity contribution in [2.24, 2.45) is 0 Å². The third kappa shape index (κ3) is 4.08. The topological polar surface area (TPSA) is 73.3 Å². The Labute approximate surface area is 142 Å². The average Bonchev–Trinajstić information content (AvgIpc) is 2.63. The maximum absolute atomic E-state index is 4.38. The van der Waals surface area contributed by atoms with Crippen LogP contribution in [0.25, 0.3) is 0 Å². The molecule has 0 radical (unpaired) electrons. The van der Waals surface area contributed by atoms with E-state index < -0.39 is 0 Å². The Hall–Kier alpha value is -2.48. The quantitative estimate of drug-likeness (QED) is 0.825. The number of rotatable bonds is 6. The molecule has 1 saturated heterocycles. The second-order valence-electron chi connectivity index (χ2n) is 5.93. The third-order valence-electron chi connectivity index (χ3n) is 4.03. The first-order valence-corrected chi connectivity index (χ1v) is 8.20. The molecule has 0 spiro atoms. The minimum atomic E-state index is 0.824. The Morgan fingerprint density at radius 1 is 0.958 bits per heavy atom. The lowest BCUT2D eigenvalue weighted by atomic mass is 10.3. The molecule has 3 rings (SSSR count). The highest BCUT2D eigenvalue weighted by atomic mass is 15.3. The van der Waals surface area contributed by atoms with Gasteiger partial charge < -0.3 is 15.1 Å². The van der Waals surface area contributed by atoms with Gasteiger partial charge in [0.05, 0.1) is 0 Å².